The van der Waals surface area contributed by atoms with Gasteiger partial charge in [0.2, 0.25) is 0 Å². The Hall–Kier alpha value is -4.08. The van der Waals surface area contributed by atoms with Crippen LogP contribution < -0.4 is 26.1 Å². The fraction of sp³-hybridized carbons (Fsp3) is 0.267. The first kappa shape index (κ1) is 27.1. The normalized spacial score (nSPS) is 15.2. The maximum atomic E-state index is 13.3. The molecule has 1 fully saturated rings. The van der Waals surface area contributed by atoms with E-state index in [1.54, 1.807) is 21.3 Å². The van der Waals surface area contributed by atoms with Crippen molar-refractivity contribution in [2.24, 2.45) is 0 Å². The first-order chi connectivity index (χ1) is 19.6. The van der Waals surface area contributed by atoms with E-state index in [1.165, 1.54) is 0 Å². The van der Waals surface area contributed by atoms with Gasteiger partial charge in [-0.2, -0.15) is 9.97 Å². The molecule has 210 valence electrons. The molecule has 3 aromatic carbocycles. The summed E-state index contributed by atoms with van der Waals surface area (Å²) in [6.07, 6.45) is 0.756. The van der Waals surface area contributed by atoms with Gasteiger partial charge < -0.3 is 14.7 Å². The highest BCUT2D eigenvalue weighted by Gasteiger charge is 2.28. The summed E-state index contributed by atoms with van der Waals surface area (Å²) in [5.74, 6) is 1.20. The van der Waals surface area contributed by atoms with Crippen molar-refractivity contribution in [3.05, 3.63) is 91.7 Å². The Morgan fingerprint density at radius 3 is 2.00 bits per heavy atom. The van der Waals surface area contributed by atoms with E-state index in [1.807, 2.05) is 86.5 Å². The smallest absolute Gasteiger partial charge is 0.354 e. The number of anilines is 3. The molecule has 9 nitrogen and oxygen atoms in total. The van der Waals surface area contributed by atoms with E-state index < -0.39 is 0 Å². The molecule has 0 aliphatic carbocycles. The van der Waals surface area contributed by atoms with Gasteiger partial charge >= 0.3 is 11.4 Å². The second-order valence-electron chi connectivity index (χ2n) is 10.7. The lowest BCUT2D eigenvalue weighted by Crippen LogP contribution is -2.31. The Balaban J connectivity index is 1.40. The quantitative estimate of drug-likeness (QED) is 0.286. The minimum atomic E-state index is -0.387. The minimum Gasteiger partial charge on any atom is -0.369 e. The van der Waals surface area contributed by atoms with Crippen LogP contribution in [0.1, 0.15) is 12.5 Å². The number of benzene rings is 3. The maximum Gasteiger partial charge on any atom is 0.354 e. The molecule has 6 rings (SSSR count). The van der Waals surface area contributed by atoms with Crippen molar-refractivity contribution in [2.75, 3.05) is 56.0 Å². The molecule has 0 bridgehead atoms. The van der Waals surface area contributed by atoms with Crippen molar-refractivity contribution in [2.45, 2.75) is 12.5 Å². The van der Waals surface area contributed by atoms with Crippen molar-refractivity contribution in [1.29, 1.82) is 0 Å². The highest BCUT2D eigenvalue weighted by Crippen LogP contribution is 2.33. The molecular formula is C30H29Cl2N7O2. The summed E-state index contributed by atoms with van der Waals surface area (Å²) >= 11 is 12.7. The van der Waals surface area contributed by atoms with E-state index >= 15 is 0 Å². The molecule has 1 aliphatic rings. The van der Waals surface area contributed by atoms with Gasteiger partial charge in [-0.1, -0.05) is 29.3 Å². The van der Waals surface area contributed by atoms with E-state index in [4.69, 9.17) is 23.2 Å². The van der Waals surface area contributed by atoms with Gasteiger partial charge in [-0.3, -0.25) is 9.13 Å². The zero-order valence-corrected chi connectivity index (χ0v) is 24.7. The zero-order valence-electron chi connectivity index (χ0n) is 23.2. The van der Waals surface area contributed by atoms with Crippen LogP contribution in [0.25, 0.3) is 27.5 Å². The number of hydrogen-bond donors (Lipinski definition) is 0. The molecule has 1 aliphatic heterocycles. The number of rotatable bonds is 5. The molecule has 0 spiro atoms. The van der Waals surface area contributed by atoms with Crippen LogP contribution in [0.4, 0.5) is 17.3 Å². The van der Waals surface area contributed by atoms with Crippen molar-refractivity contribution in [3.8, 4) is 5.69 Å². The number of hydrogen-bond acceptors (Lipinski definition) is 7. The molecule has 0 saturated carbocycles. The Morgan fingerprint density at radius 1 is 0.756 bits per heavy atom. The number of aromatic nitrogens is 4. The lowest BCUT2D eigenvalue weighted by molar-refractivity contribution is 0.542. The first-order valence-corrected chi connectivity index (χ1v) is 14.0. The van der Waals surface area contributed by atoms with Crippen molar-refractivity contribution >= 4 is 62.3 Å². The molecule has 11 heteroatoms. The van der Waals surface area contributed by atoms with Crippen LogP contribution in [0.2, 0.25) is 10.0 Å². The largest absolute Gasteiger partial charge is 0.369 e. The predicted molar refractivity (Wildman–Crippen MR) is 168 cm³/mol. The van der Waals surface area contributed by atoms with Gasteiger partial charge in [0.05, 0.1) is 22.8 Å². The topological polar surface area (TPSA) is 79.5 Å². The summed E-state index contributed by atoms with van der Waals surface area (Å²) < 4.78 is 3.36. The van der Waals surface area contributed by atoms with Crippen molar-refractivity contribution < 1.29 is 0 Å². The SMILES string of the molecule is CN(C)c1nc(=O)n(-c2cccc(N3CCC(n4c(=O)nc(N(C)C)c5ccc(Cl)cc54)C3)c2)c2cc(Cl)ccc12. The van der Waals surface area contributed by atoms with Crippen LogP contribution in [-0.4, -0.2) is 60.4 Å². The fourth-order valence-corrected chi connectivity index (χ4v) is 6.02. The van der Waals surface area contributed by atoms with Gasteiger partial charge in [-0.05, 0) is 61.0 Å². The molecule has 1 atom stereocenters. The fourth-order valence-electron chi connectivity index (χ4n) is 5.68. The summed E-state index contributed by atoms with van der Waals surface area (Å²) in [4.78, 5) is 41.3. The maximum absolute atomic E-state index is 13.3. The Morgan fingerprint density at radius 2 is 1.34 bits per heavy atom. The van der Waals surface area contributed by atoms with Gasteiger partial charge in [0.1, 0.15) is 11.6 Å². The Labute approximate surface area is 246 Å². The van der Waals surface area contributed by atoms with Crippen molar-refractivity contribution in [1.82, 2.24) is 19.1 Å². The highest BCUT2D eigenvalue weighted by molar-refractivity contribution is 6.31. The molecule has 0 radical (unpaired) electrons. The summed E-state index contributed by atoms with van der Waals surface area (Å²) in [6.45, 7) is 1.34. The van der Waals surface area contributed by atoms with E-state index in [2.05, 4.69) is 14.9 Å². The highest BCUT2D eigenvalue weighted by atomic mass is 35.5. The van der Waals surface area contributed by atoms with Crippen LogP contribution in [0.15, 0.2) is 70.3 Å². The van der Waals surface area contributed by atoms with Gasteiger partial charge in [0.15, 0.2) is 0 Å². The minimum absolute atomic E-state index is 0.0979. The average Bonchev–Trinajstić information content (AvgIpc) is 3.41. The zero-order chi connectivity index (χ0) is 29.0. The molecule has 1 unspecified atom stereocenters. The third kappa shape index (κ3) is 4.79. The third-order valence-corrected chi connectivity index (χ3v) is 8.00. The van der Waals surface area contributed by atoms with Crippen LogP contribution in [0, 0.1) is 0 Å². The molecule has 41 heavy (non-hydrogen) atoms. The van der Waals surface area contributed by atoms with E-state index in [-0.39, 0.29) is 17.4 Å². The first-order valence-electron chi connectivity index (χ1n) is 13.3. The summed E-state index contributed by atoms with van der Waals surface area (Å²) in [6, 6.07) is 18.7. The molecule has 5 aromatic rings. The monoisotopic (exact) mass is 589 g/mol. The number of fused-ring (bicyclic) bond motifs is 2. The second-order valence-corrected chi connectivity index (χ2v) is 11.5. The number of halogens is 2. The van der Waals surface area contributed by atoms with Crippen LogP contribution >= 0.6 is 23.2 Å². The van der Waals surface area contributed by atoms with E-state index in [0.717, 1.165) is 34.9 Å². The van der Waals surface area contributed by atoms with Gasteiger partial charge in [-0.15, -0.1) is 0 Å². The molecule has 0 N–H and O–H groups in total. The summed E-state index contributed by atoms with van der Waals surface area (Å²) in [5.41, 5.74) is 2.39. The lowest BCUT2D eigenvalue weighted by Gasteiger charge is -2.23. The van der Waals surface area contributed by atoms with Gasteiger partial charge in [0, 0.05) is 67.8 Å². The molecule has 3 heterocycles. The van der Waals surface area contributed by atoms with Crippen LogP contribution in [-0.2, 0) is 0 Å². The van der Waals surface area contributed by atoms with E-state index in [0.29, 0.717) is 39.4 Å². The number of nitrogens with zero attached hydrogens (tertiary/aromatic N) is 7. The van der Waals surface area contributed by atoms with Gasteiger partial charge in [-0.25, -0.2) is 9.59 Å². The standard InChI is InChI=1S/C30H29Cl2N7O2/c1-35(2)27-23-10-8-18(31)14-25(23)38(29(40)33-27)21-7-5-6-20(16-21)37-13-12-22(17-37)39-26-15-19(32)9-11-24(26)28(36(3)4)34-30(39)41/h5-11,14-16,22H,12-13,17H2,1-4H3. The van der Waals surface area contributed by atoms with E-state index in [9.17, 15) is 9.59 Å². The molecule has 2 aromatic heterocycles. The second kappa shape index (κ2) is 10.4. The summed E-state index contributed by atoms with van der Waals surface area (Å²) in [7, 11) is 7.46. The summed E-state index contributed by atoms with van der Waals surface area (Å²) in [5, 5.41) is 2.80. The Bertz CT molecular complexity index is 1930. The van der Waals surface area contributed by atoms with Crippen molar-refractivity contribution in [3.63, 3.8) is 0 Å². The Kier molecular flexibility index (Phi) is 6.87. The predicted octanol–water partition coefficient (Wildman–Crippen LogP) is 4.99. The molecule has 0 amide bonds. The third-order valence-electron chi connectivity index (χ3n) is 7.53. The molecule has 1 saturated heterocycles. The molecular weight excluding hydrogens is 561 g/mol. The average molecular weight is 591 g/mol. The van der Waals surface area contributed by atoms with Gasteiger partial charge in [0.25, 0.3) is 0 Å². The van der Waals surface area contributed by atoms with Crippen LogP contribution in [0.3, 0.4) is 0 Å². The van der Waals surface area contributed by atoms with Crippen LogP contribution in [0.5, 0.6) is 0 Å². The lowest BCUT2D eigenvalue weighted by atomic mass is 10.2.